The van der Waals surface area contributed by atoms with Crippen LogP contribution in [0.3, 0.4) is 0 Å². The molecule has 4 aromatic carbocycles. The summed E-state index contributed by atoms with van der Waals surface area (Å²) in [6, 6.07) is 21.9. The first-order valence-electron chi connectivity index (χ1n) is 7.72. The van der Waals surface area contributed by atoms with Crippen molar-refractivity contribution in [3.8, 4) is 5.75 Å². The van der Waals surface area contributed by atoms with Gasteiger partial charge in [0.25, 0.3) is 0 Å². The Morgan fingerprint density at radius 3 is 2.28 bits per heavy atom. The molecule has 2 nitrogen and oxygen atoms in total. The van der Waals surface area contributed by atoms with Crippen LogP contribution < -0.4 is 4.74 Å². The summed E-state index contributed by atoms with van der Waals surface area (Å²) in [7, 11) is 0. The molecule has 0 bridgehead atoms. The van der Waals surface area contributed by atoms with Crippen molar-refractivity contribution in [2.75, 3.05) is 0 Å². The molecule has 0 fully saturated rings. The number of carbonyl (C=O) groups excluding carboxylic acids is 1. The van der Waals surface area contributed by atoms with Gasteiger partial charge in [-0.25, -0.2) is 4.79 Å². The van der Waals surface area contributed by atoms with Crippen molar-refractivity contribution in [3.63, 3.8) is 0 Å². The molecule has 25 heavy (non-hydrogen) atoms. The van der Waals surface area contributed by atoms with Gasteiger partial charge in [-0.15, -0.1) is 0 Å². The molecule has 0 aliphatic carbocycles. The van der Waals surface area contributed by atoms with E-state index in [-0.39, 0.29) is 0 Å². The Morgan fingerprint density at radius 2 is 1.48 bits per heavy atom. The van der Waals surface area contributed by atoms with E-state index in [0.717, 1.165) is 16.2 Å². The lowest BCUT2D eigenvalue weighted by Gasteiger charge is -2.13. The first-order chi connectivity index (χ1) is 12.1. The first kappa shape index (κ1) is 15.9. The van der Waals surface area contributed by atoms with Crippen molar-refractivity contribution in [2.24, 2.45) is 0 Å². The molecule has 0 heterocycles. The molecule has 0 radical (unpaired) electrons. The van der Waals surface area contributed by atoms with Gasteiger partial charge in [-0.2, -0.15) is 0 Å². The summed E-state index contributed by atoms with van der Waals surface area (Å²) in [5.41, 5.74) is 0.474. The Morgan fingerprint density at radius 1 is 0.760 bits per heavy atom. The van der Waals surface area contributed by atoms with Crippen LogP contribution in [0, 0.1) is 0 Å². The average molecular weight is 367 g/mol. The Balaban J connectivity index is 1.99. The summed E-state index contributed by atoms with van der Waals surface area (Å²) in [4.78, 5) is 12.6. The zero-order valence-corrected chi connectivity index (χ0v) is 14.5. The molecule has 4 rings (SSSR count). The maximum atomic E-state index is 12.6. The van der Waals surface area contributed by atoms with Gasteiger partial charge >= 0.3 is 5.97 Å². The summed E-state index contributed by atoms with van der Waals surface area (Å²) in [5, 5.41) is 4.24. The second-order valence-corrected chi connectivity index (χ2v) is 6.45. The molecule has 4 aromatic rings. The monoisotopic (exact) mass is 366 g/mol. The number of hydrogen-bond donors (Lipinski definition) is 0. The number of ether oxygens (including phenoxy) is 1. The van der Waals surface area contributed by atoms with Crippen molar-refractivity contribution >= 4 is 50.7 Å². The molecule has 0 atom stereocenters. The molecular formula is C21H12Cl2O2. The summed E-state index contributed by atoms with van der Waals surface area (Å²) in [5.74, 6) is -0.0104. The number of halogens is 2. The molecule has 0 saturated carbocycles. The molecule has 0 N–H and O–H groups in total. The van der Waals surface area contributed by atoms with Crippen LogP contribution in [0.1, 0.15) is 10.4 Å². The van der Waals surface area contributed by atoms with Crippen LogP contribution >= 0.6 is 23.2 Å². The Labute approximate surface area is 154 Å². The molecule has 0 saturated heterocycles. The minimum atomic E-state index is -0.436. The van der Waals surface area contributed by atoms with E-state index in [9.17, 15) is 4.79 Å². The quantitative estimate of drug-likeness (QED) is 0.229. The van der Waals surface area contributed by atoms with E-state index in [0.29, 0.717) is 26.7 Å². The first-order valence-corrected chi connectivity index (χ1v) is 8.47. The zero-order chi connectivity index (χ0) is 17.4. The van der Waals surface area contributed by atoms with Crippen molar-refractivity contribution in [1.29, 1.82) is 0 Å². The minimum Gasteiger partial charge on any atom is -0.422 e. The van der Waals surface area contributed by atoms with Crippen molar-refractivity contribution in [1.82, 2.24) is 0 Å². The van der Waals surface area contributed by atoms with E-state index in [1.807, 2.05) is 42.5 Å². The topological polar surface area (TPSA) is 26.3 Å². The van der Waals surface area contributed by atoms with E-state index in [1.54, 1.807) is 30.3 Å². The van der Waals surface area contributed by atoms with Gasteiger partial charge in [0.05, 0.1) is 10.6 Å². The molecule has 0 amide bonds. The highest BCUT2D eigenvalue weighted by Gasteiger charge is 2.17. The lowest BCUT2D eigenvalue weighted by Crippen LogP contribution is -2.09. The second-order valence-electron chi connectivity index (χ2n) is 5.63. The molecule has 4 heteroatoms. The maximum absolute atomic E-state index is 12.6. The summed E-state index contributed by atoms with van der Waals surface area (Å²) >= 11 is 12.8. The van der Waals surface area contributed by atoms with Crippen LogP contribution in [0.25, 0.3) is 21.5 Å². The Hall–Kier alpha value is -2.55. The molecular weight excluding hydrogens is 355 g/mol. The number of carbonyl (C=O) groups is 1. The molecule has 0 aromatic heterocycles. The van der Waals surface area contributed by atoms with Gasteiger partial charge in [0.15, 0.2) is 0 Å². The smallest absolute Gasteiger partial charge is 0.343 e. The van der Waals surface area contributed by atoms with E-state index in [2.05, 4.69) is 0 Å². The average Bonchev–Trinajstić information content (AvgIpc) is 2.63. The van der Waals surface area contributed by atoms with E-state index < -0.39 is 5.97 Å². The normalized spacial score (nSPS) is 11.0. The van der Waals surface area contributed by atoms with Crippen LogP contribution in [0.5, 0.6) is 5.75 Å². The van der Waals surface area contributed by atoms with E-state index in [4.69, 9.17) is 27.9 Å². The molecule has 0 unspecified atom stereocenters. The summed E-state index contributed by atoms with van der Waals surface area (Å²) in [6.07, 6.45) is 0. The molecule has 0 aliphatic heterocycles. The van der Waals surface area contributed by atoms with Crippen LogP contribution in [-0.2, 0) is 0 Å². The highest BCUT2D eigenvalue weighted by Crippen LogP contribution is 2.41. The fraction of sp³-hybridized carbons (Fsp3) is 0. The van der Waals surface area contributed by atoms with E-state index in [1.165, 1.54) is 0 Å². The number of hydrogen-bond acceptors (Lipinski definition) is 2. The van der Waals surface area contributed by atoms with Gasteiger partial charge < -0.3 is 4.74 Å². The fourth-order valence-corrected chi connectivity index (χ4v) is 3.40. The maximum Gasteiger partial charge on any atom is 0.343 e. The van der Waals surface area contributed by atoms with Gasteiger partial charge in [-0.1, -0.05) is 65.7 Å². The van der Waals surface area contributed by atoms with Crippen LogP contribution in [0.15, 0.2) is 72.8 Å². The third-order valence-corrected chi connectivity index (χ3v) is 4.72. The van der Waals surface area contributed by atoms with Crippen LogP contribution in [0.2, 0.25) is 10.0 Å². The van der Waals surface area contributed by atoms with Crippen molar-refractivity contribution < 1.29 is 9.53 Å². The minimum absolute atomic E-state index is 0.425. The summed E-state index contributed by atoms with van der Waals surface area (Å²) in [6.45, 7) is 0. The summed E-state index contributed by atoms with van der Waals surface area (Å²) < 4.78 is 5.78. The lowest BCUT2D eigenvalue weighted by molar-refractivity contribution is 0.0739. The zero-order valence-electron chi connectivity index (χ0n) is 13.0. The predicted molar refractivity (Wildman–Crippen MR) is 103 cm³/mol. The molecule has 122 valence electrons. The largest absolute Gasteiger partial charge is 0.422 e. The third-order valence-electron chi connectivity index (χ3n) is 4.07. The van der Waals surface area contributed by atoms with Crippen molar-refractivity contribution in [3.05, 3.63) is 88.4 Å². The molecule has 0 spiro atoms. The van der Waals surface area contributed by atoms with E-state index >= 15 is 0 Å². The Bertz CT molecular complexity index is 1110. The fourth-order valence-electron chi connectivity index (χ4n) is 2.90. The number of esters is 1. The number of fused-ring (bicyclic) bond motifs is 2. The van der Waals surface area contributed by atoms with Crippen molar-refractivity contribution in [2.45, 2.75) is 0 Å². The van der Waals surface area contributed by atoms with Gasteiger partial charge in [-0.3, -0.25) is 0 Å². The predicted octanol–water partition coefficient (Wildman–Crippen LogP) is 6.52. The van der Waals surface area contributed by atoms with Gasteiger partial charge in [0.1, 0.15) is 5.75 Å². The number of benzene rings is 4. The highest BCUT2D eigenvalue weighted by atomic mass is 35.5. The van der Waals surface area contributed by atoms with Crippen LogP contribution in [-0.4, -0.2) is 5.97 Å². The SMILES string of the molecule is O=C(Oc1c2cccc(Cl)c2cc2cccc(Cl)c12)c1ccccc1. The lowest BCUT2D eigenvalue weighted by atomic mass is 10.0. The van der Waals surface area contributed by atoms with Gasteiger partial charge in [0.2, 0.25) is 0 Å². The van der Waals surface area contributed by atoms with Gasteiger partial charge in [0, 0.05) is 21.2 Å². The molecule has 0 aliphatic rings. The number of rotatable bonds is 2. The standard InChI is InChI=1S/C21H12Cl2O2/c22-17-10-5-9-15-16(17)12-14-8-4-11-18(23)19(14)20(15)25-21(24)13-6-2-1-3-7-13/h1-12H. The Kier molecular flexibility index (Phi) is 4.08. The second kappa shape index (κ2) is 6.40. The third kappa shape index (κ3) is 2.84. The van der Waals surface area contributed by atoms with Gasteiger partial charge in [-0.05, 0) is 35.7 Å². The highest BCUT2D eigenvalue weighted by molar-refractivity contribution is 6.39. The van der Waals surface area contributed by atoms with Crippen LogP contribution in [0.4, 0.5) is 0 Å².